The van der Waals surface area contributed by atoms with E-state index in [4.69, 9.17) is 4.74 Å². The maximum absolute atomic E-state index is 6.17. The van der Waals surface area contributed by atoms with Crippen molar-refractivity contribution in [3.05, 3.63) is 65.7 Å². The van der Waals surface area contributed by atoms with Gasteiger partial charge in [0.15, 0.2) is 6.10 Å². The Morgan fingerprint density at radius 2 is 1.50 bits per heavy atom. The average molecular weight is 322 g/mol. The lowest BCUT2D eigenvalue weighted by Gasteiger charge is -2.32. The molecule has 2 nitrogen and oxygen atoms in total. The Labute approximate surface area is 146 Å². The molecule has 0 amide bonds. The quantitative estimate of drug-likeness (QED) is 0.522. The van der Waals surface area contributed by atoms with Crippen molar-refractivity contribution in [2.24, 2.45) is 0 Å². The molecule has 0 aromatic heterocycles. The van der Waals surface area contributed by atoms with Gasteiger partial charge in [0, 0.05) is 6.42 Å². The smallest absolute Gasteiger partial charge is 0.156 e. The Morgan fingerprint density at radius 3 is 2.08 bits per heavy atom. The molecular formula is C22H28NO+. The van der Waals surface area contributed by atoms with Gasteiger partial charge in [-0.25, -0.2) is 0 Å². The summed E-state index contributed by atoms with van der Waals surface area (Å²) in [6.07, 6.45) is 5.83. The van der Waals surface area contributed by atoms with E-state index in [9.17, 15) is 0 Å². The van der Waals surface area contributed by atoms with Crippen molar-refractivity contribution in [3.8, 4) is 5.75 Å². The minimum atomic E-state index is 0.376. The standard InChI is InChI=1S/C22H28NO/c1-4-23(3,5-2)21-17-22(21)24-20-15-13-19(14-16-20)12-11-18-9-7-6-8-10-18/h6-16,21-22H,4-5,17H2,1-3H3/q+1/t21-,22-/m1/s1. The molecule has 2 heteroatoms. The lowest BCUT2D eigenvalue weighted by molar-refractivity contribution is -0.917. The molecule has 0 radical (unpaired) electrons. The van der Waals surface area contributed by atoms with E-state index >= 15 is 0 Å². The number of hydrogen-bond donors (Lipinski definition) is 0. The van der Waals surface area contributed by atoms with Crippen LogP contribution in [0.4, 0.5) is 0 Å². The van der Waals surface area contributed by atoms with Crippen LogP contribution < -0.4 is 4.74 Å². The largest absolute Gasteiger partial charge is 0.484 e. The van der Waals surface area contributed by atoms with Gasteiger partial charge in [0.2, 0.25) is 0 Å². The van der Waals surface area contributed by atoms with Gasteiger partial charge in [-0.3, -0.25) is 0 Å². The van der Waals surface area contributed by atoms with Crippen molar-refractivity contribution in [1.29, 1.82) is 0 Å². The van der Waals surface area contributed by atoms with Crippen molar-refractivity contribution in [2.75, 3.05) is 20.1 Å². The van der Waals surface area contributed by atoms with Crippen LogP contribution in [0.1, 0.15) is 31.4 Å². The maximum Gasteiger partial charge on any atom is 0.156 e. The molecule has 0 N–H and O–H groups in total. The molecule has 1 fully saturated rings. The highest BCUT2D eigenvalue weighted by Gasteiger charge is 2.52. The van der Waals surface area contributed by atoms with Crippen LogP contribution in [0.2, 0.25) is 0 Å². The van der Waals surface area contributed by atoms with Crippen molar-refractivity contribution in [3.63, 3.8) is 0 Å². The highest BCUT2D eigenvalue weighted by Crippen LogP contribution is 2.36. The first-order chi connectivity index (χ1) is 11.6. The third-order valence-corrected chi connectivity index (χ3v) is 5.38. The van der Waals surface area contributed by atoms with E-state index in [0.717, 1.165) is 10.2 Å². The predicted molar refractivity (Wildman–Crippen MR) is 102 cm³/mol. The maximum atomic E-state index is 6.17. The summed E-state index contributed by atoms with van der Waals surface area (Å²) in [5.41, 5.74) is 2.41. The van der Waals surface area contributed by atoms with Gasteiger partial charge in [-0.05, 0) is 37.1 Å². The molecule has 1 saturated carbocycles. The molecule has 3 rings (SSSR count). The molecule has 2 atom stereocenters. The summed E-state index contributed by atoms with van der Waals surface area (Å²) in [4.78, 5) is 0. The van der Waals surface area contributed by atoms with E-state index in [2.05, 4.69) is 81.6 Å². The van der Waals surface area contributed by atoms with Crippen LogP contribution in [0.15, 0.2) is 54.6 Å². The predicted octanol–water partition coefficient (Wildman–Crippen LogP) is 4.86. The minimum Gasteiger partial charge on any atom is -0.484 e. The van der Waals surface area contributed by atoms with E-state index in [1.54, 1.807) is 0 Å². The first kappa shape index (κ1) is 16.8. The minimum absolute atomic E-state index is 0.376. The summed E-state index contributed by atoms with van der Waals surface area (Å²) in [6, 6.07) is 19.4. The molecule has 0 saturated heterocycles. The molecule has 1 aliphatic rings. The number of hydrogen-bond acceptors (Lipinski definition) is 1. The molecule has 24 heavy (non-hydrogen) atoms. The van der Waals surface area contributed by atoms with Gasteiger partial charge in [0.1, 0.15) is 11.8 Å². The number of quaternary nitrogens is 1. The summed E-state index contributed by atoms with van der Waals surface area (Å²) in [6.45, 7) is 6.88. The fourth-order valence-electron chi connectivity index (χ4n) is 3.22. The zero-order chi connectivity index (χ0) is 17.0. The van der Waals surface area contributed by atoms with Gasteiger partial charge in [-0.15, -0.1) is 0 Å². The van der Waals surface area contributed by atoms with E-state index in [-0.39, 0.29) is 0 Å². The number of likely N-dealkylation sites (N-methyl/N-ethyl adjacent to an activating group) is 1. The fourth-order valence-corrected chi connectivity index (χ4v) is 3.22. The Hall–Kier alpha value is -2.06. The third kappa shape index (κ3) is 3.88. The van der Waals surface area contributed by atoms with Crippen molar-refractivity contribution >= 4 is 12.2 Å². The molecular weight excluding hydrogens is 294 g/mol. The second-order valence-electron chi connectivity index (χ2n) is 6.88. The van der Waals surface area contributed by atoms with Crippen LogP contribution in [-0.4, -0.2) is 36.8 Å². The van der Waals surface area contributed by atoms with E-state index < -0.39 is 0 Å². The first-order valence-corrected chi connectivity index (χ1v) is 8.98. The first-order valence-electron chi connectivity index (χ1n) is 8.98. The molecule has 2 aromatic carbocycles. The van der Waals surface area contributed by atoms with Crippen LogP contribution in [0.3, 0.4) is 0 Å². The number of rotatable bonds is 7. The van der Waals surface area contributed by atoms with E-state index in [1.807, 2.05) is 6.07 Å². The summed E-state index contributed by atoms with van der Waals surface area (Å²) in [5.74, 6) is 0.984. The van der Waals surface area contributed by atoms with Crippen LogP contribution in [-0.2, 0) is 0 Å². The Morgan fingerprint density at radius 1 is 0.917 bits per heavy atom. The highest BCUT2D eigenvalue weighted by molar-refractivity contribution is 5.69. The van der Waals surface area contributed by atoms with Crippen molar-refractivity contribution in [1.82, 2.24) is 0 Å². The van der Waals surface area contributed by atoms with E-state index in [1.165, 1.54) is 30.6 Å². The molecule has 2 aromatic rings. The second-order valence-corrected chi connectivity index (χ2v) is 6.88. The van der Waals surface area contributed by atoms with Crippen molar-refractivity contribution < 1.29 is 9.22 Å². The van der Waals surface area contributed by atoms with Crippen LogP contribution in [0.5, 0.6) is 5.75 Å². The van der Waals surface area contributed by atoms with Gasteiger partial charge in [0.05, 0.1) is 20.1 Å². The summed E-state index contributed by atoms with van der Waals surface area (Å²) >= 11 is 0. The monoisotopic (exact) mass is 322 g/mol. The number of nitrogens with zero attached hydrogens (tertiary/aromatic N) is 1. The van der Waals surface area contributed by atoms with E-state index in [0.29, 0.717) is 12.1 Å². The molecule has 0 aliphatic heterocycles. The zero-order valence-corrected chi connectivity index (χ0v) is 15.0. The van der Waals surface area contributed by atoms with Gasteiger partial charge in [-0.2, -0.15) is 0 Å². The zero-order valence-electron chi connectivity index (χ0n) is 15.0. The van der Waals surface area contributed by atoms with Gasteiger partial charge >= 0.3 is 0 Å². The highest BCUT2D eigenvalue weighted by atomic mass is 16.5. The molecule has 1 aliphatic carbocycles. The second kappa shape index (κ2) is 7.23. The lowest BCUT2D eigenvalue weighted by atomic mass is 10.1. The van der Waals surface area contributed by atoms with Crippen LogP contribution in [0, 0.1) is 0 Å². The molecule has 126 valence electrons. The SMILES string of the molecule is CC[N+](C)(CC)[C@@H]1C[C@H]1Oc1ccc(C=Cc2ccccc2)cc1. The van der Waals surface area contributed by atoms with Gasteiger partial charge in [0.25, 0.3) is 0 Å². The summed E-state index contributed by atoms with van der Waals surface area (Å²) in [5, 5.41) is 0. The van der Waals surface area contributed by atoms with Crippen molar-refractivity contribution in [2.45, 2.75) is 32.4 Å². The van der Waals surface area contributed by atoms with Gasteiger partial charge in [-0.1, -0.05) is 54.6 Å². The molecule has 0 spiro atoms. The number of ether oxygens (including phenoxy) is 1. The topological polar surface area (TPSA) is 9.23 Å². The third-order valence-electron chi connectivity index (χ3n) is 5.38. The fraction of sp³-hybridized carbons (Fsp3) is 0.364. The van der Waals surface area contributed by atoms with Crippen LogP contribution in [0.25, 0.3) is 12.2 Å². The Bertz CT molecular complexity index is 671. The average Bonchev–Trinajstić information content (AvgIpc) is 3.41. The lowest BCUT2D eigenvalue weighted by Crippen LogP contribution is -2.47. The molecule has 0 unspecified atom stereocenters. The van der Waals surface area contributed by atoms with Crippen LogP contribution >= 0.6 is 0 Å². The number of benzene rings is 2. The summed E-state index contributed by atoms with van der Waals surface area (Å²) in [7, 11) is 2.34. The molecule has 0 bridgehead atoms. The Kier molecular flexibility index (Phi) is 5.06. The van der Waals surface area contributed by atoms with Gasteiger partial charge < -0.3 is 9.22 Å². The summed E-state index contributed by atoms with van der Waals surface area (Å²) < 4.78 is 7.28. The molecule has 0 heterocycles. The normalized spacial score (nSPS) is 20.3. The Balaban J connectivity index is 1.57.